The van der Waals surface area contributed by atoms with E-state index in [9.17, 15) is 13.5 Å². The van der Waals surface area contributed by atoms with Gasteiger partial charge in [0.25, 0.3) is 0 Å². The summed E-state index contributed by atoms with van der Waals surface area (Å²) in [6.07, 6.45) is 3.38. The van der Waals surface area contributed by atoms with Gasteiger partial charge in [-0.2, -0.15) is 0 Å². The average molecular weight is 190 g/mol. The summed E-state index contributed by atoms with van der Waals surface area (Å²) >= 11 is 0. The van der Waals surface area contributed by atoms with Crippen molar-refractivity contribution in [2.75, 3.05) is 6.26 Å². The van der Waals surface area contributed by atoms with Gasteiger partial charge in [-0.3, -0.25) is 0 Å². The Morgan fingerprint density at radius 2 is 1.83 bits per heavy atom. The van der Waals surface area contributed by atoms with Crippen LogP contribution in [0.3, 0.4) is 0 Å². The molecule has 1 N–H and O–H groups in total. The second kappa shape index (κ2) is 2.45. The number of aliphatic hydroxyl groups is 1. The molecule has 3 nitrogen and oxygen atoms in total. The molecule has 2 fully saturated rings. The fourth-order valence-corrected chi connectivity index (χ4v) is 4.24. The Labute approximate surface area is 72.7 Å². The molecule has 0 heterocycles. The third-order valence-electron chi connectivity index (χ3n) is 3.30. The highest BCUT2D eigenvalue weighted by Crippen LogP contribution is 2.47. The zero-order valence-corrected chi connectivity index (χ0v) is 7.92. The van der Waals surface area contributed by atoms with Crippen LogP contribution in [-0.2, 0) is 9.84 Å². The topological polar surface area (TPSA) is 54.4 Å². The third-order valence-corrected chi connectivity index (χ3v) is 4.98. The summed E-state index contributed by atoms with van der Waals surface area (Å²) in [6.45, 7) is 0. The van der Waals surface area contributed by atoms with Crippen LogP contribution >= 0.6 is 0 Å². The largest absolute Gasteiger partial charge is 0.393 e. The van der Waals surface area contributed by atoms with E-state index in [0.29, 0.717) is 12.8 Å². The summed E-state index contributed by atoms with van der Waals surface area (Å²) in [5.74, 6) is 0.495. The molecular formula is C8H14O3S. The molecule has 0 radical (unpaired) electrons. The molecule has 0 spiro atoms. The first kappa shape index (κ1) is 8.51. The van der Waals surface area contributed by atoms with Gasteiger partial charge in [0.05, 0.1) is 11.4 Å². The fraction of sp³-hybridized carbons (Fsp3) is 1.00. The summed E-state index contributed by atoms with van der Waals surface area (Å²) < 4.78 is 22.5. The molecule has 0 amide bonds. The summed E-state index contributed by atoms with van der Waals surface area (Å²) in [6, 6.07) is 0. The van der Waals surface area contributed by atoms with Crippen LogP contribution in [0.2, 0.25) is 0 Å². The predicted molar refractivity (Wildman–Crippen MR) is 45.5 cm³/mol. The van der Waals surface area contributed by atoms with Gasteiger partial charge in [-0.15, -0.1) is 0 Å². The van der Waals surface area contributed by atoms with Crippen LogP contribution in [0.5, 0.6) is 0 Å². The minimum atomic E-state index is -2.87. The highest BCUT2D eigenvalue weighted by Gasteiger charge is 2.48. The molecule has 4 unspecified atom stereocenters. The van der Waals surface area contributed by atoms with Crippen LogP contribution in [0.15, 0.2) is 0 Å². The highest BCUT2D eigenvalue weighted by molar-refractivity contribution is 7.91. The van der Waals surface area contributed by atoms with Crippen molar-refractivity contribution in [1.29, 1.82) is 0 Å². The van der Waals surface area contributed by atoms with Gasteiger partial charge in [-0.05, 0) is 31.1 Å². The second-order valence-corrected chi connectivity index (χ2v) is 6.43. The second-order valence-electron chi connectivity index (χ2n) is 4.16. The molecule has 0 saturated heterocycles. The molecule has 2 rings (SSSR count). The zero-order valence-electron chi connectivity index (χ0n) is 7.10. The molecule has 0 aromatic carbocycles. The normalized spacial score (nSPS) is 46.8. The molecule has 0 aliphatic heterocycles. The molecule has 70 valence electrons. The molecule has 0 aromatic heterocycles. The number of fused-ring (bicyclic) bond motifs is 2. The summed E-state index contributed by atoms with van der Waals surface area (Å²) in [5.41, 5.74) is 0. The first-order valence-corrected chi connectivity index (χ1v) is 6.31. The minimum absolute atomic E-state index is 0.161. The number of hydrogen-bond acceptors (Lipinski definition) is 3. The van der Waals surface area contributed by atoms with Gasteiger partial charge in [-0.1, -0.05) is 0 Å². The van der Waals surface area contributed by atoms with Gasteiger partial charge in [-0.25, -0.2) is 8.42 Å². The smallest absolute Gasteiger partial charge is 0.150 e. The van der Waals surface area contributed by atoms with Gasteiger partial charge in [0, 0.05) is 6.26 Å². The first-order valence-electron chi connectivity index (χ1n) is 4.35. The maximum absolute atomic E-state index is 11.2. The maximum Gasteiger partial charge on any atom is 0.150 e. The molecule has 0 aromatic rings. The Morgan fingerprint density at radius 3 is 2.17 bits per heavy atom. The molecule has 2 saturated carbocycles. The lowest BCUT2D eigenvalue weighted by Gasteiger charge is -2.23. The summed E-state index contributed by atoms with van der Waals surface area (Å²) in [7, 11) is -2.87. The van der Waals surface area contributed by atoms with Crippen molar-refractivity contribution >= 4 is 9.84 Å². The van der Waals surface area contributed by atoms with E-state index in [4.69, 9.17) is 0 Å². The first-order chi connectivity index (χ1) is 5.48. The van der Waals surface area contributed by atoms with Crippen molar-refractivity contribution in [2.45, 2.75) is 30.6 Å². The van der Waals surface area contributed by atoms with Crippen LogP contribution < -0.4 is 0 Å². The molecule has 4 atom stereocenters. The standard InChI is InChI=1S/C8H14O3S/c1-12(10,11)8-4-5-2-6(8)3-7(5)9/h5-9H,2-4H2,1H3. The van der Waals surface area contributed by atoms with Gasteiger partial charge < -0.3 is 5.11 Å². The number of hydrogen-bond donors (Lipinski definition) is 1. The molecule has 4 heteroatoms. The summed E-state index contributed by atoms with van der Waals surface area (Å²) in [5, 5.41) is 9.25. The lowest BCUT2D eigenvalue weighted by molar-refractivity contribution is 0.114. The maximum atomic E-state index is 11.2. The zero-order chi connectivity index (χ0) is 8.93. The lowest BCUT2D eigenvalue weighted by atomic mass is 9.97. The Kier molecular flexibility index (Phi) is 1.74. The quantitative estimate of drug-likeness (QED) is 0.642. The van der Waals surface area contributed by atoms with Crippen molar-refractivity contribution in [3.8, 4) is 0 Å². The van der Waals surface area contributed by atoms with Crippen LogP contribution in [-0.4, -0.2) is 31.1 Å². The van der Waals surface area contributed by atoms with E-state index >= 15 is 0 Å². The van der Waals surface area contributed by atoms with E-state index in [1.165, 1.54) is 6.26 Å². The van der Waals surface area contributed by atoms with E-state index in [1.807, 2.05) is 0 Å². The molecule has 2 aliphatic rings. The molecule has 12 heavy (non-hydrogen) atoms. The minimum Gasteiger partial charge on any atom is -0.393 e. The Bertz CT molecular complexity index is 281. The van der Waals surface area contributed by atoms with Crippen molar-refractivity contribution in [3.63, 3.8) is 0 Å². The van der Waals surface area contributed by atoms with E-state index < -0.39 is 9.84 Å². The van der Waals surface area contributed by atoms with Crippen LogP contribution in [0, 0.1) is 11.8 Å². The van der Waals surface area contributed by atoms with E-state index in [1.54, 1.807) is 0 Å². The van der Waals surface area contributed by atoms with Crippen molar-refractivity contribution in [2.24, 2.45) is 11.8 Å². The van der Waals surface area contributed by atoms with Crippen molar-refractivity contribution in [1.82, 2.24) is 0 Å². The van der Waals surface area contributed by atoms with E-state index in [0.717, 1.165) is 6.42 Å². The van der Waals surface area contributed by atoms with Crippen molar-refractivity contribution < 1.29 is 13.5 Å². The highest BCUT2D eigenvalue weighted by atomic mass is 32.2. The van der Waals surface area contributed by atoms with Crippen molar-refractivity contribution in [3.05, 3.63) is 0 Å². The number of aliphatic hydroxyl groups excluding tert-OH is 1. The van der Waals surface area contributed by atoms with Gasteiger partial charge in [0.2, 0.25) is 0 Å². The SMILES string of the molecule is CS(=O)(=O)C1CC2CC1CC2O. The van der Waals surface area contributed by atoms with E-state index in [-0.39, 0.29) is 23.2 Å². The van der Waals surface area contributed by atoms with Crippen LogP contribution in [0.4, 0.5) is 0 Å². The van der Waals surface area contributed by atoms with E-state index in [2.05, 4.69) is 0 Å². The lowest BCUT2D eigenvalue weighted by Crippen LogP contribution is -2.31. The number of rotatable bonds is 1. The van der Waals surface area contributed by atoms with Gasteiger partial charge >= 0.3 is 0 Å². The molecule has 2 aliphatic carbocycles. The fourth-order valence-electron chi connectivity index (χ4n) is 2.72. The van der Waals surface area contributed by atoms with Crippen LogP contribution in [0.25, 0.3) is 0 Å². The average Bonchev–Trinajstić information content (AvgIpc) is 2.41. The van der Waals surface area contributed by atoms with Gasteiger partial charge in [0.15, 0.2) is 9.84 Å². The van der Waals surface area contributed by atoms with Crippen LogP contribution in [0.1, 0.15) is 19.3 Å². The predicted octanol–water partition coefficient (Wildman–Crippen LogP) is 0.190. The Balaban J connectivity index is 2.18. The Morgan fingerprint density at radius 1 is 1.17 bits per heavy atom. The number of sulfone groups is 1. The van der Waals surface area contributed by atoms with Gasteiger partial charge in [0.1, 0.15) is 0 Å². The third kappa shape index (κ3) is 1.17. The summed E-state index contributed by atoms with van der Waals surface area (Å²) in [4.78, 5) is 0. The Hall–Kier alpha value is -0.0900. The molecule has 2 bridgehead atoms. The molecular weight excluding hydrogens is 176 g/mol. The monoisotopic (exact) mass is 190 g/mol.